The lowest BCUT2D eigenvalue weighted by atomic mass is 10.2. The second-order valence-electron chi connectivity index (χ2n) is 4.17. The monoisotopic (exact) mass is 370 g/mol. The highest BCUT2D eigenvalue weighted by atomic mass is 32.2. The minimum Gasteiger partial charge on any atom is -0.507 e. The first-order valence-electron chi connectivity index (χ1n) is 6.10. The molecule has 0 radical (unpaired) electrons. The molecule has 0 bridgehead atoms. The lowest BCUT2D eigenvalue weighted by Gasteiger charge is -2.11. The second kappa shape index (κ2) is 6.78. The maximum atomic E-state index is 12.0. The molecule has 1 aromatic heterocycles. The van der Waals surface area contributed by atoms with Crippen LogP contribution >= 0.6 is 46.2 Å². The molecule has 114 valence electrons. The van der Waals surface area contributed by atoms with Gasteiger partial charge in [0.25, 0.3) is 9.96 Å². The number of aromatic hydroxyl groups is 1. The Bertz CT molecular complexity index is 797. The van der Waals surface area contributed by atoms with Crippen molar-refractivity contribution in [3.05, 3.63) is 49.8 Å². The highest BCUT2D eigenvalue weighted by Gasteiger charge is 2.15. The fraction of sp³-hybridized carbons (Fsp3) is 0.0769. The maximum absolute atomic E-state index is 12.0. The Balaban J connectivity index is 1.63. The fourth-order valence-corrected chi connectivity index (χ4v) is 6.61. The van der Waals surface area contributed by atoms with Crippen LogP contribution in [0.4, 0.5) is 0 Å². The molecular weight excluding hydrogens is 360 g/mol. The average molecular weight is 371 g/mol. The number of fused-ring (bicyclic) bond motifs is 1. The molecule has 0 aliphatic carbocycles. The first-order valence-corrected chi connectivity index (χ1v) is 9.60. The summed E-state index contributed by atoms with van der Waals surface area (Å²) >= 11 is 5.53. The number of benzene rings is 1. The van der Waals surface area contributed by atoms with Gasteiger partial charge in [0, 0.05) is 11.4 Å². The largest absolute Gasteiger partial charge is 0.507 e. The molecule has 2 aromatic rings. The van der Waals surface area contributed by atoms with E-state index in [1.165, 1.54) is 40.5 Å². The lowest BCUT2D eigenvalue weighted by molar-refractivity contribution is 0.0936. The molecule has 2 heterocycles. The average Bonchev–Trinajstić information content (AvgIpc) is 2.76. The van der Waals surface area contributed by atoms with E-state index in [1.807, 2.05) is 5.41 Å². The molecule has 22 heavy (non-hydrogen) atoms. The van der Waals surface area contributed by atoms with E-state index in [4.69, 9.17) is 0 Å². The highest BCUT2D eigenvalue weighted by molar-refractivity contribution is 8.07. The Kier molecular flexibility index (Phi) is 4.77. The van der Waals surface area contributed by atoms with E-state index in [9.17, 15) is 14.7 Å². The van der Waals surface area contributed by atoms with Gasteiger partial charge in [0.05, 0.1) is 14.0 Å². The Hall–Kier alpha value is -1.42. The summed E-state index contributed by atoms with van der Waals surface area (Å²) in [4.78, 5) is 23.3. The van der Waals surface area contributed by atoms with Gasteiger partial charge in [-0.25, -0.2) is 0 Å². The van der Waals surface area contributed by atoms with E-state index < -0.39 is 5.91 Å². The van der Waals surface area contributed by atoms with Crippen LogP contribution in [0.3, 0.4) is 0 Å². The van der Waals surface area contributed by atoms with Gasteiger partial charge in [-0.15, -0.1) is 11.8 Å². The SMILES string of the molecule is O=C(NNC1=CSc2sc(=O)sc2SC1)c1ccccc1O. The fourth-order valence-electron chi connectivity index (χ4n) is 1.65. The van der Waals surface area contributed by atoms with E-state index >= 15 is 0 Å². The maximum Gasteiger partial charge on any atom is 0.289 e. The smallest absolute Gasteiger partial charge is 0.289 e. The topological polar surface area (TPSA) is 78.4 Å². The van der Waals surface area contributed by atoms with Gasteiger partial charge in [-0.3, -0.25) is 15.0 Å². The number of phenols is 1. The minimum absolute atomic E-state index is 0.0626. The summed E-state index contributed by atoms with van der Waals surface area (Å²) < 4.78 is 2.10. The molecule has 3 rings (SSSR count). The van der Waals surface area contributed by atoms with Crippen LogP contribution in [-0.2, 0) is 0 Å². The number of carbonyl (C=O) groups excluding carboxylic acids is 1. The van der Waals surface area contributed by atoms with Crippen LogP contribution in [0.25, 0.3) is 0 Å². The van der Waals surface area contributed by atoms with Crippen molar-refractivity contribution < 1.29 is 9.90 Å². The molecule has 0 atom stereocenters. The van der Waals surface area contributed by atoms with Crippen molar-refractivity contribution >= 4 is 52.1 Å². The van der Waals surface area contributed by atoms with Crippen molar-refractivity contribution in [2.24, 2.45) is 0 Å². The van der Waals surface area contributed by atoms with Gasteiger partial charge >= 0.3 is 0 Å². The van der Waals surface area contributed by atoms with Gasteiger partial charge in [-0.05, 0) is 17.5 Å². The van der Waals surface area contributed by atoms with Gasteiger partial charge in [-0.1, -0.05) is 46.6 Å². The van der Waals surface area contributed by atoms with E-state index in [0.29, 0.717) is 5.75 Å². The summed E-state index contributed by atoms with van der Waals surface area (Å²) in [6.07, 6.45) is 0. The first-order chi connectivity index (χ1) is 10.6. The van der Waals surface area contributed by atoms with Crippen molar-refractivity contribution in [1.82, 2.24) is 10.9 Å². The molecule has 5 nitrogen and oxygen atoms in total. The van der Waals surface area contributed by atoms with Crippen molar-refractivity contribution in [1.29, 1.82) is 0 Å². The quantitative estimate of drug-likeness (QED) is 0.721. The van der Waals surface area contributed by atoms with Crippen LogP contribution in [-0.4, -0.2) is 16.8 Å². The van der Waals surface area contributed by atoms with E-state index in [-0.39, 0.29) is 15.4 Å². The molecule has 0 spiro atoms. The number of carbonyl (C=O) groups is 1. The minimum atomic E-state index is -0.405. The van der Waals surface area contributed by atoms with E-state index in [2.05, 4.69) is 10.9 Å². The summed E-state index contributed by atoms with van der Waals surface area (Å²) in [6, 6.07) is 6.35. The summed E-state index contributed by atoms with van der Waals surface area (Å²) in [6.45, 7) is 0. The molecule has 0 saturated heterocycles. The second-order valence-corrected chi connectivity index (χ2v) is 8.78. The number of amides is 1. The van der Waals surface area contributed by atoms with Crippen molar-refractivity contribution in [3.8, 4) is 5.75 Å². The number of hydrogen-bond acceptors (Lipinski definition) is 8. The van der Waals surface area contributed by atoms with Gasteiger partial charge in [0.15, 0.2) is 0 Å². The summed E-state index contributed by atoms with van der Waals surface area (Å²) in [5, 5.41) is 11.5. The first kappa shape index (κ1) is 15.5. The van der Waals surface area contributed by atoms with Crippen LogP contribution in [0, 0.1) is 0 Å². The number of para-hydroxylation sites is 1. The summed E-state index contributed by atoms with van der Waals surface area (Å²) in [5.74, 6) is 0.165. The predicted molar refractivity (Wildman–Crippen MR) is 91.8 cm³/mol. The van der Waals surface area contributed by atoms with Crippen LogP contribution < -0.4 is 14.9 Å². The number of hydrogen-bond donors (Lipinski definition) is 3. The predicted octanol–water partition coefficient (Wildman–Crippen LogP) is 2.85. The Morgan fingerprint density at radius 3 is 2.77 bits per heavy atom. The Morgan fingerprint density at radius 2 is 1.95 bits per heavy atom. The zero-order chi connectivity index (χ0) is 15.5. The number of phenolic OH excluding ortho intramolecular Hbond substituents is 1. The summed E-state index contributed by atoms with van der Waals surface area (Å²) in [7, 11) is 0. The molecule has 1 aliphatic heterocycles. The number of nitrogens with one attached hydrogen (secondary N) is 2. The molecule has 1 aliphatic rings. The van der Waals surface area contributed by atoms with Crippen LogP contribution in [0.5, 0.6) is 5.75 Å². The Labute approximate surface area is 142 Å². The normalized spacial score (nSPS) is 13.7. The third-order valence-corrected chi connectivity index (χ3v) is 7.68. The number of hydrazine groups is 1. The van der Waals surface area contributed by atoms with E-state index in [1.54, 1.807) is 30.0 Å². The molecule has 1 amide bonds. The van der Waals surface area contributed by atoms with Crippen molar-refractivity contribution in [2.45, 2.75) is 8.42 Å². The van der Waals surface area contributed by atoms with Crippen molar-refractivity contribution in [2.75, 3.05) is 5.75 Å². The van der Waals surface area contributed by atoms with E-state index in [0.717, 1.165) is 14.1 Å². The van der Waals surface area contributed by atoms with Gasteiger partial charge in [0.2, 0.25) is 0 Å². The zero-order valence-corrected chi connectivity index (χ0v) is 14.3. The van der Waals surface area contributed by atoms with Crippen LogP contribution in [0.1, 0.15) is 10.4 Å². The zero-order valence-electron chi connectivity index (χ0n) is 11.0. The van der Waals surface area contributed by atoms with Gasteiger partial charge in [0.1, 0.15) is 5.75 Å². The van der Waals surface area contributed by atoms with Crippen LogP contribution in [0.15, 0.2) is 48.6 Å². The molecule has 0 fully saturated rings. The third-order valence-electron chi connectivity index (χ3n) is 2.67. The highest BCUT2D eigenvalue weighted by Crippen LogP contribution is 2.40. The molecule has 1 aromatic carbocycles. The number of thioether (sulfide) groups is 2. The molecule has 0 unspecified atom stereocenters. The number of rotatable bonds is 3. The molecule has 9 heteroatoms. The van der Waals surface area contributed by atoms with Gasteiger partial charge in [-0.2, -0.15) is 0 Å². The Morgan fingerprint density at radius 1 is 1.18 bits per heavy atom. The van der Waals surface area contributed by atoms with Crippen LogP contribution in [0.2, 0.25) is 0 Å². The standard InChI is InChI=1S/C13H10N2O3S4/c16-9-4-2-1-3-8(9)10(17)15-14-7-5-19-11-12(20-6-7)22-13(18)21-11/h1-5,14,16H,6H2,(H,15,17). The van der Waals surface area contributed by atoms with Gasteiger partial charge < -0.3 is 10.5 Å². The van der Waals surface area contributed by atoms with Crippen molar-refractivity contribution in [3.63, 3.8) is 0 Å². The third kappa shape index (κ3) is 3.49. The molecule has 0 saturated carbocycles. The molecule has 3 N–H and O–H groups in total. The lowest BCUT2D eigenvalue weighted by Crippen LogP contribution is -2.37. The summed E-state index contributed by atoms with van der Waals surface area (Å²) in [5.41, 5.74) is 6.48. The molecular formula is C13H10N2O3S4.